The van der Waals surface area contributed by atoms with Crippen molar-refractivity contribution < 1.29 is 19.1 Å². The molecule has 2 rings (SSSR count). The summed E-state index contributed by atoms with van der Waals surface area (Å²) in [6, 6.07) is -0.0289. The van der Waals surface area contributed by atoms with Crippen LogP contribution in [0.5, 0.6) is 0 Å². The van der Waals surface area contributed by atoms with Crippen LogP contribution in [0.1, 0.15) is 36.0 Å². The van der Waals surface area contributed by atoms with E-state index in [4.69, 9.17) is 4.74 Å². The van der Waals surface area contributed by atoms with Crippen molar-refractivity contribution in [1.29, 1.82) is 0 Å². The number of aromatic nitrogens is 2. The maximum atomic E-state index is 12.7. The van der Waals surface area contributed by atoms with Gasteiger partial charge in [-0.15, -0.1) is 11.3 Å². The highest BCUT2D eigenvalue weighted by atomic mass is 32.1. The third kappa shape index (κ3) is 4.91. The largest absolute Gasteiger partial charge is 0.462 e. The minimum Gasteiger partial charge on any atom is -0.462 e. The second kappa shape index (κ2) is 8.76. The fourth-order valence-corrected chi connectivity index (χ4v) is 3.46. The van der Waals surface area contributed by atoms with E-state index in [9.17, 15) is 19.2 Å². The quantitative estimate of drug-likeness (QED) is 0.663. The molecule has 0 bridgehead atoms. The van der Waals surface area contributed by atoms with Crippen LogP contribution >= 0.6 is 11.3 Å². The van der Waals surface area contributed by atoms with Crippen LogP contribution in [0.25, 0.3) is 10.2 Å². The number of hydrogen-bond donors (Lipinski definition) is 2. The molecule has 0 aliphatic carbocycles. The van der Waals surface area contributed by atoms with Gasteiger partial charge in [0.05, 0.1) is 24.9 Å². The summed E-state index contributed by atoms with van der Waals surface area (Å²) >= 11 is 1.08. The minimum absolute atomic E-state index is 0.0289. The summed E-state index contributed by atoms with van der Waals surface area (Å²) in [6.45, 7) is 6.75. The summed E-state index contributed by atoms with van der Waals surface area (Å²) in [7, 11) is 0. The van der Waals surface area contributed by atoms with Gasteiger partial charge in [-0.25, -0.2) is 9.78 Å². The molecular formula is C17H22N4O5S. The Labute approximate surface area is 159 Å². The fraction of sp³-hybridized carbons (Fsp3) is 0.471. The van der Waals surface area contributed by atoms with E-state index in [-0.39, 0.29) is 37.0 Å². The lowest BCUT2D eigenvalue weighted by molar-refractivity contribution is -0.126. The molecule has 2 heterocycles. The van der Waals surface area contributed by atoms with Gasteiger partial charge in [0.25, 0.3) is 5.56 Å². The van der Waals surface area contributed by atoms with E-state index in [1.807, 2.05) is 13.8 Å². The molecule has 0 unspecified atom stereocenters. The number of carbonyl (C=O) groups excluding carboxylic acids is 3. The SMILES string of the molecule is CCOC(=O)c1sc2ncn(CC(=O)NCC(=O)NC(C)C)c(=O)c2c1C. The smallest absolute Gasteiger partial charge is 0.348 e. The minimum atomic E-state index is -0.502. The predicted molar refractivity (Wildman–Crippen MR) is 101 cm³/mol. The number of aryl methyl sites for hydroxylation is 1. The van der Waals surface area contributed by atoms with Crippen molar-refractivity contribution in [3.8, 4) is 0 Å². The number of carbonyl (C=O) groups is 3. The molecule has 10 heteroatoms. The molecule has 9 nitrogen and oxygen atoms in total. The van der Waals surface area contributed by atoms with Gasteiger partial charge in [0, 0.05) is 6.04 Å². The monoisotopic (exact) mass is 394 g/mol. The first-order chi connectivity index (χ1) is 12.7. The molecule has 0 saturated carbocycles. The number of thiophene rings is 1. The van der Waals surface area contributed by atoms with E-state index in [0.29, 0.717) is 15.3 Å². The maximum Gasteiger partial charge on any atom is 0.348 e. The molecule has 0 spiro atoms. The Hall–Kier alpha value is -2.75. The number of nitrogens with zero attached hydrogens (tertiary/aromatic N) is 2. The standard InChI is InChI=1S/C17H22N4O5S/c1-5-26-17(25)14-10(4)13-15(27-14)19-8-21(16(13)24)7-12(23)18-6-11(22)20-9(2)3/h8-9H,5-7H2,1-4H3,(H,18,23)(H,20,22). The molecule has 2 N–H and O–H groups in total. The van der Waals surface area contributed by atoms with Crippen molar-refractivity contribution >= 4 is 39.3 Å². The Balaban J connectivity index is 2.18. The molecular weight excluding hydrogens is 372 g/mol. The Morgan fingerprint density at radius 1 is 1.30 bits per heavy atom. The Kier molecular flexibility index (Phi) is 6.67. The Morgan fingerprint density at radius 3 is 2.63 bits per heavy atom. The molecule has 0 aliphatic heterocycles. The third-order valence-electron chi connectivity index (χ3n) is 3.59. The zero-order valence-corrected chi connectivity index (χ0v) is 16.4. The van der Waals surface area contributed by atoms with Crippen LogP contribution in [-0.2, 0) is 20.9 Å². The molecule has 0 aliphatic rings. The maximum absolute atomic E-state index is 12.7. The lowest BCUT2D eigenvalue weighted by Gasteiger charge is -2.10. The van der Waals surface area contributed by atoms with Gasteiger partial charge in [0.2, 0.25) is 11.8 Å². The normalized spacial score (nSPS) is 10.9. The second-order valence-corrected chi connectivity index (χ2v) is 7.13. The number of rotatable bonds is 7. The van der Waals surface area contributed by atoms with Crippen LogP contribution in [0.3, 0.4) is 0 Å². The number of nitrogens with one attached hydrogen (secondary N) is 2. The summed E-state index contributed by atoms with van der Waals surface area (Å²) in [5, 5.41) is 5.40. The number of amides is 2. The summed E-state index contributed by atoms with van der Waals surface area (Å²) in [5.41, 5.74) is 0.0584. The van der Waals surface area contributed by atoms with Gasteiger partial charge in [-0.2, -0.15) is 0 Å². The summed E-state index contributed by atoms with van der Waals surface area (Å²) in [4.78, 5) is 53.2. The molecule has 146 valence electrons. The van der Waals surface area contributed by atoms with E-state index in [0.717, 1.165) is 15.9 Å². The van der Waals surface area contributed by atoms with Crippen molar-refractivity contribution in [2.24, 2.45) is 0 Å². The van der Waals surface area contributed by atoms with Crippen molar-refractivity contribution in [2.75, 3.05) is 13.2 Å². The zero-order chi connectivity index (χ0) is 20.1. The predicted octanol–water partition coefficient (Wildman–Crippen LogP) is 0.584. The summed E-state index contributed by atoms with van der Waals surface area (Å²) in [5.74, 6) is -1.31. The second-order valence-electron chi connectivity index (χ2n) is 6.13. The van der Waals surface area contributed by atoms with Crippen molar-refractivity contribution in [1.82, 2.24) is 20.2 Å². The van der Waals surface area contributed by atoms with Crippen LogP contribution in [0.15, 0.2) is 11.1 Å². The Morgan fingerprint density at radius 2 is 2.00 bits per heavy atom. The lowest BCUT2D eigenvalue weighted by Crippen LogP contribution is -2.41. The van der Waals surface area contributed by atoms with E-state index in [1.165, 1.54) is 6.33 Å². The van der Waals surface area contributed by atoms with Gasteiger partial charge < -0.3 is 15.4 Å². The lowest BCUT2D eigenvalue weighted by atomic mass is 10.2. The molecule has 2 aromatic rings. The van der Waals surface area contributed by atoms with Gasteiger partial charge in [-0.1, -0.05) is 0 Å². The van der Waals surface area contributed by atoms with Crippen LogP contribution < -0.4 is 16.2 Å². The van der Waals surface area contributed by atoms with E-state index < -0.39 is 17.4 Å². The summed E-state index contributed by atoms with van der Waals surface area (Å²) in [6.07, 6.45) is 1.25. The molecule has 0 aromatic carbocycles. The first-order valence-corrected chi connectivity index (χ1v) is 9.28. The van der Waals surface area contributed by atoms with E-state index >= 15 is 0 Å². The highest BCUT2D eigenvalue weighted by Crippen LogP contribution is 2.27. The average molecular weight is 394 g/mol. The van der Waals surface area contributed by atoms with E-state index in [1.54, 1.807) is 13.8 Å². The number of fused-ring (bicyclic) bond motifs is 1. The van der Waals surface area contributed by atoms with Crippen LogP contribution in [0.4, 0.5) is 0 Å². The van der Waals surface area contributed by atoms with Crippen LogP contribution in [0, 0.1) is 6.92 Å². The topological polar surface area (TPSA) is 119 Å². The van der Waals surface area contributed by atoms with Crippen LogP contribution in [-0.4, -0.2) is 46.5 Å². The van der Waals surface area contributed by atoms with Crippen molar-refractivity contribution in [3.63, 3.8) is 0 Å². The molecule has 2 aromatic heterocycles. The Bertz CT molecular complexity index is 931. The number of ether oxygens (including phenoxy) is 1. The number of esters is 1. The zero-order valence-electron chi connectivity index (χ0n) is 15.6. The first kappa shape index (κ1) is 20.6. The van der Waals surface area contributed by atoms with Gasteiger partial charge >= 0.3 is 5.97 Å². The molecule has 0 radical (unpaired) electrons. The summed E-state index contributed by atoms with van der Waals surface area (Å²) < 4.78 is 6.13. The van der Waals surface area contributed by atoms with Crippen molar-refractivity contribution in [3.05, 3.63) is 27.1 Å². The molecule has 0 saturated heterocycles. The van der Waals surface area contributed by atoms with Gasteiger partial charge in [0.15, 0.2) is 0 Å². The van der Waals surface area contributed by atoms with Crippen LogP contribution in [0.2, 0.25) is 0 Å². The highest BCUT2D eigenvalue weighted by Gasteiger charge is 2.20. The van der Waals surface area contributed by atoms with Crippen molar-refractivity contribution in [2.45, 2.75) is 40.3 Å². The highest BCUT2D eigenvalue weighted by molar-refractivity contribution is 7.20. The third-order valence-corrected chi connectivity index (χ3v) is 4.77. The molecule has 0 atom stereocenters. The van der Waals surface area contributed by atoms with Gasteiger partial charge in [0.1, 0.15) is 16.3 Å². The van der Waals surface area contributed by atoms with E-state index in [2.05, 4.69) is 15.6 Å². The molecule has 27 heavy (non-hydrogen) atoms. The first-order valence-electron chi connectivity index (χ1n) is 8.46. The molecule has 2 amide bonds. The number of hydrogen-bond acceptors (Lipinski definition) is 7. The fourth-order valence-electron chi connectivity index (χ4n) is 2.43. The molecule has 0 fully saturated rings. The average Bonchev–Trinajstić information content (AvgIpc) is 2.93. The van der Waals surface area contributed by atoms with Gasteiger partial charge in [-0.3, -0.25) is 19.0 Å². The van der Waals surface area contributed by atoms with Gasteiger partial charge in [-0.05, 0) is 33.3 Å².